The smallest absolute Gasteiger partial charge is 0.264 e. The Hall–Kier alpha value is -3.11. The van der Waals surface area contributed by atoms with Crippen molar-refractivity contribution in [1.29, 1.82) is 0 Å². The highest BCUT2D eigenvalue weighted by molar-refractivity contribution is 5.77. The van der Waals surface area contributed by atoms with E-state index in [4.69, 9.17) is 0 Å². The Morgan fingerprint density at radius 1 is 1.21 bits per heavy atom. The van der Waals surface area contributed by atoms with Crippen molar-refractivity contribution in [3.05, 3.63) is 58.5 Å². The summed E-state index contributed by atoms with van der Waals surface area (Å²) in [6.07, 6.45) is 7.85. The zero-order valence-corrected chi connectivity index (χ0v) is 19.0. The first kappa shape index (κ1) is 23.1. The molecule has 0 aliphatic carbocycles. The van der Waals surface area contributed by atoms with Gasteiger partial charge in [0.05, 0.1) is 6.20 Å². The molecule has 176 valence electrons. The monoisotopic (exact) mass is 455 g/mol. The number of benzene rings is 1. The second kappa shape index (κ2) is 10.2. The van der Waals surface area contributed by atoms with E-state index in [1.54, 1.807) is 19.0 Å². The molecule has 1 amide bonds. The molecule has 2 N–H and O–H groups in total. The van der Waals surface area contributed by atoms with E-state index in [0.29, 0.717) is 23.6 Å². The first-order valence-electron chi connectivity index (χ1n) is 11.3. The van der Waals surface area contributed by atoms with Gasteiger partial charge in [0.1, 0.15) is 24.1 Å². The van der Waals surface area contributed by atoms with Crippen LogP contribution in [0.2, 0.25) is 0 Å². The van der Waals surface area contributed by atoms with E-state index in [1.165, 1.54) is 33.9 Å². The van der Waals surface area contributed by atoms with E-state index in [2.05, 4.69) is 20.9 Å². The van der Waals surface area contributed by atoms with Gasteiger partial charge in [-0.25, -0.2) is 9.37 Å². The molecule has 0 bridgehead atoms. The Balaban J connectivity index is 1.16. The number of rotatable bonds is 9. The molecule has 0 saturated carbocycles. The average Bonchev–Trinajstić information content (AvgIpc) is 3.43. The number of hydrazine groups is 1. The van der Waals surface area contributed by atoms with Crippen LogP contribution in [0.4, 0.5) is 4.39 Å². The van der Waals surface area contributed by atoms with Crippen LogP contribution in [0.5, 0.6) is 0 Å². The van der Waals surface area contributed by atoms with Crippen molar-refractivity contribution in [2.24, 2.45) is 7.05 Å². The molecule has 2 atom stereocenters. The number of fused-ring (bicyclic) bond motifs is 1. The minimum atomic E-state index is -0.258. The number of nitrogens with one attached hydrogen (secondary N) is 2. The van der Waals surface area contributed by atoms with Gasteiger partial charge >= 0.3 is 0 Å². The van der Waals surface area contributed by atoms with Gasteiger partial charge in [-0.1, -0.05) is 25.0 Å². The molecular weight excluding hydrogens is 425 g/mol. The third kappa shape index (κ3) is 5.45. The van der Waals surface area contributed by atoms with E-state index in [-0.39, 0.29) is 29.9 Å². The van der Waals surface area contributed by atoms with Crippen molar-refractivity contribution in [2.75, 3.05) is 13.6 Å². The Kier molecular flexibility index (Phi) is 7.14. The van der Waals surface area contributed by atoms with Gasteiger partial charge in [-0.2, -0.15) is 5.10 Å². The first-order chi connectivity index (χ1) is 15.9. The highest BCUT2D eigenvalue weighted by Gasteiger charge is 2.24. The van der Waals surface area contributed by atoms with Crippen molar-refractivity contribution < 1.29 is 9.18 Å². The molecule has 0 radical (unpaired) electrons. The first-order valence-corrected chi connectivity index (χ1v) is 11.3. The number of likely N-dealkylation sites (N-methyl/N-ethyl adjacent to an activating group) is 1. The van der Waals surface area contributed by atoms with Gasteiger partial charge in [0.15, 0.2) is 5.65 Å². The van der Waals surface area contributed by atoms with Crippen molar-refractivity contribution in [3.8, 4) is 0 Å². The number of halogens is 1. The van der Waals surface area contributed by atoms with Gasteiger partial charge in [0, 0.05) is 32.7 Å². The highest BCUT2D eigenvalue weighted by Crippen LogP contribution is 2.24. The fourth-order valence-corrected chi connectivity index (χ4v) is 4.21. The fraction of sp³-hybridized carbons (Fsp3) is 0.478. The van der Waals surface area contributed by atoms with Crippen LogP contribution in [-0.2, 0) is 18.4 Å². The van der Waals surface area contributed by atoms with Crippen LogP contribution in [0.1, 0.15) is 43.7 Å². The Labute approximate surface area is 191 Å². The molecular formula is C23H30FN7O2. The number of unbranched alkanes of at least 4 members (excludes halogenated alkanes) is 2. The van der Waals surface area contributed by atoms with Crippen LogP contribution in [0, 0.1) is 5.82 Å². The van der Waals surface area contributed by atoms with Gasteiger partial charge in [0.25, 0.3) is 5.56 Å². The summed E-state index contributed by atoms with van der Waals surface area (Å²) in [5.74, 6) is -0.339. The molecule has 2 unspecified atom stereocenters. The quantitative estimate of drug-likeness (QED) is 0.479. The Bertz CT molecular complexity index is 1160. The minimum Gasteiger partial charge on any atom is -0.344 e. The summed E-state index contributed by atoms with van der Waals surface area (Å²) < 4.78 is 16.0. The van der Waals surface area contributed by atoms with Crippen molar-refractivity contribution in [3.63, 3.8) is 0 Å². The zero-order valence-electron chi connectivity index (χ0n) is 19.0. The van der Waals surface area contributed by atoms with Gasteiger partial charge in [-0.3, -0.25) is 29.7 Å². The molecule has 4 rings (SSSR count). The van der Waals surface area contributed by atoms with Crippen LogP contribution >= 0.6 is 0 Å². The maximum absolute atomic E-state index is 13.1. The molecule has 3 heterocycles. The highest BCUT2D eigenvalue weighted by atomic mass is 19.1. The molecule has 1 fully saturated rings. The molecule has 1 saturated heterocycles. The molecule has 1 aromatic carbocycles. The molecule has 0 spiro atoms. The Morgan fingerprint density at radius 2 is 2.00 bits per heavy atom. The Morgan fingerprint density at radius 3 is 2.79 bits per heavy atom. The van der Waals surface area contributed by atoms with E-state index in [0.717, 1.165) is 37.7 Å². The predicted molar refractivity (Wildman–Crippen MR) is 123 cm³/mol. The maximum Gasteiger partial charge on any atom is 0.264 e. The molecule has 9 nitrogen and oxygen atoms in total. The lowest BCUT2D eigenvalue weighted by atomic mass is 9.99. The summed E-state index contributed by atoms with van der Waals surface area (Å²) >= 11 is 0. The summed E-state index contributed by atoms with van der Waals surface area (Å²) in [4.78, 5) is 31.0. The topological polar surface area (TPSA) is 97.1 Å². The third-order valence-electron chi connectivity index (χ3n) is 6.25. The fourth-order valence-electron chi connectivity index (χ4n) is 4.21. The number of aromatic nitrogens is 4. The minimum absolute atomic E-state index is 0.0321. The lowest BCUT2D eigenvalue weighted by molar-refractivity contribution is -0.130. The molecule has 33 heavy (non-hydrogen) atoms. The summed E-state index contributed by atoms with van der Waals surface area (Å²) in [5.41, 5.74) is 7.96. The molecule has 1 aliphatic heterocycles. The molecule has 2 aromatic heterocycles. The number of hydrogen-bond donors (Lipinski definition) is 2. The van der Waals surface area contributed by atoms with Crippen LogP contribution < -0.4 is 16.4 Å². The largest absolute Gasteiger partial charge is 0.344 e. The summed E-state index contributed by atoms with van der Waals surface area (Å²) in [6, 6.07) is 7.20. The summed E-state index contributed by atoms with van der Waals surface area (Å²) in [5, 5.41) is 4.45. The zero-order chi connectivity index (χ0) is 23.4. The average molecular weight is 456 g/mol. The number of hydrogen-bond acceptors (Lipinski definition) is 6. The number of amides is 1. The van der Waals surface area contributed by atoms with Crippen LogP contribution in [-0.4, -0.2) is 49.8 Å². The lowest BCUT2D eigenvalue weighted by Crippen LogP contribution is -2.34. The van der Waals surface area contributed by atoms with Gasteiger partial charge in [0.2, 0.25) is 5.91 Å². The molecule has 3 aromatic rings. The normalized spacial score (nSPS) is 18.2. The maximum atomic E-state index is 13.1. The van der Waals surface area contributed by atoms with E-state index < -0.39 is 0 Å². The van der Waals surface area contributed by atoms with Crippen LogP contribution in [0.15, 0.2) is 41.6 Å². The van der Waals surface area contributed by atoms with Gasteiger partial charge in [-0.05, 0) is 37.0 Å². The van der Waals surface area contributed by atoms with E-state index in [1.807, 2.05) is 12.1 Å². The standard InChI is InChI=1S/C23H30FN7O2/c1-29(21(32)14-31-15-25-22-19(23(31)33)13-26-30(22)2)11-5-3-4-6-18-12-20(28-27-18)16-7-9-17(24)10-8-16/h7-10,13,15,18,20,27-28H,3-6,11-12,14H2,1-2H3. The molecule has 10 heteroatoms. The lowest BCUT2D eigenvalue weighted by Gasteiger charge is -2.18. The third-order valence-corrected chi connectivity index (χ3v) is 6.25. The second-order valence-electron chi connectivity index (χ2n) is 8.67. The van der Waals surface area contributed by atoms with Crippen molar-refractivity contribution in [2.45, 2.75) is 50.7 Å². The second-order valence-corrected chi connectivity index (χ2v) is 8.67. The molecule has 1 aliphatic rings. The SMILES string of the molecule is CN(CCCCCC1CC(c2ccc(F)cc2)NN1)C(=O)Cn1cnc2c(cnn2C)c1=O. The van der Waals surface area contributed by atoms with Gasteiger partial charge in [-0.15, -0.1) is 0 Å². The van der Waals surface area contributed by atoms with Crippen LogP contribution in [0.3, 0.4) is 0 Å². The summed E-state index contributed by atoms with van der Waals surface area (Å²) in [7, 11) is 3.49. The number of carbonyl (C=O) groups excluding carboxylic acids is 1. The summed E-state index contributed by atoms with van der Waals surface area (Å²) in [6.45, 7) is 0.611. The number of aryl methyl sites for hydroxylation is 1. The van der Waals surface area contributed by atoms with Gasteiger partial charge < -0.3 is 4.90 Å². The number of carbonyl (C=O) groups is 1. The van der Waals surface area contributed by atoms with Crippen LogP contribution in [0.25, 0.3) is 11.0 Å². The van der Waals surface area contributed by atoms with E-state index in [9.17, 15) is 14.0 Å². The van der Waals surface area contributed by atoms with Crippen molar-refractivity contribution in [1.82, 2.24) is 35.1 Å². The van der Waals surface area contributed by atoms with E-state index >= 15 is 0 Å². The predicted octanol–water partition coefficient (Wildman–Crippen LogP) is 1.90. The number of nitrogens with zero attached hydrogens (tertiary/aromatic N) is 5. The van der Waals surface area contributed by atoms with Crippen molar-refractivity contribution >= 4 is 16.9 Å².